The molecule has 3 rings (SSSR count). The number of alkyl halides is 3. The summed E-state index contributed by atoms with van der Waals surface area (Å²) in [6.45, 7) is 0.180. The fourth-order valence-electron chi connectivity index (χ4n) is 2.69. The summed E-state index contributed by atoms with van der Waals surface area (Å²) >= 11 is 0. The van der Waals surface area contributed by atoms with Gasteiger partial charge in [0.25, 0.3) is 0 Å². The molecule has 7 nitrogen and oxygen atoms in total. The maximum Gasteiger partial charge on any atom is 0.416 e. The predicted molar refractivity (Wildman–Crippen MR) is 106 cm³/mol. The number of hydrogen-bond donors (Lipinski definition) is 2. The highest BCUT2D eigenvalue weighted by atomic mass is 32.2. The van der Waals surface area contributed by atoms with E-state index in [0.29, 0.717) is 12.6 Å². The third-order valence-electron chi connectivity index (χ3n) is 4.31. The molecule has 0 saturated heterocycles. The number of amides is 1. The molecule has 0 radical (unpaired) electrons. The van der Waals surface area contributed by atoms with Crippen LogP contribution in [0.1, 0.15) is 16.7 Å². The van der Waals surface area contributed by atoms with E-state index < -0.39 is 39.1 Å². The molecule has 0 saturated carbocycles. The van der Waals surface area contributed by atoms with Crippen LogP contribution in [0.4, 0.5) is 13.2 Å². The Morgan fingerprint density at radius 3 is 2.39 bits per heavy atom. The zero-order valence-corrected chi connectivity index (χ0v) is 16.9. The Bertz CT molecular complexity index is 1130. The van der Waals surface area contributed by atoms with Crippen molar-refractivity contribution in [2.75, 3.05) is 6.54 Å². The van der Waals surface area contributed by atoms with Crippen molar-refractivity contribution in [1.29, 1.82) is 0 Å². The lowest BCUT2D eigenvalue weighted by molar-refractivity contribution is -0.137. The van der Waals surface area contributed by atoms with Crippen LogP contribution in [-0.2, 0) is 34.1 Å². The number of rotatable bonds is 8. The maximum absolute atomic E-state index is 12.8. The first-order chi connectivity index (χ1) is 14.6. The van der Waals surface area contributed by atoms with E-state index in [4.69, 9.17) is 0 Å². The molecule has 0 fully saturated rings. The van der Waals surface area contributed by atoms with Crippen LogP contribution in [0.3, 0.4) is 0 Å². The third kappa shape index (κ3) is 6.40. The van der Waals surface area contributed by atoms with Crippen LogP contribution < -0.4 is 10.0 Å². The molecule has 0 aliphatic carbocycles. The lowest BCUT2D eigenvalue weighted by Crippen LogP contribution is -2.36. The molecule has 0 aliphatic rings. The molecule has 1 heterocycles. The average molecular weight is 452 g/mol. The smallest absolute Gasteiger partial charge is 0.351 e. The zero-order valence-electron chi connectivity index (χ0n) is 16.1. The van der Waals surface area contributed by atoms with E-state index in [1.54, 1.807) is 10.9 Å². The minimum Gasteiger partial charge on any atom is -0.351 e. The number of sulfonamides is 1. The van der Waals surface area contributed by atoms with E-state index in [0.717, 1.165) is 29.3 Å². The van der Waals surface area contributed by atoms with Crippen molar-refractivity contribution in [2.24, 2.45) is 0 Å². The van der Waals surface area contributed by atoms with Gasteiger partial charge in [-0.2, -0.15) is 18.3 Å². The lowest BCUT2D eigenvalue weighted by atomic mass is 10.1. The second-order valence-electron chi connectivity index (χ2n) is 6.65. The molecule has 0 aliphatic heterocycles. The van der Waals surface area contributed by atoms with Crippen molar-refractivity contribution in [3.05, 3.63) is 83.7 Å². The predicted octanol–water partition coefficient (Wildman–Crippen LogP) is 2.54. The summed E-state index contributed by atoms with van der Waals surface area (Å²) in [4.78, 5) is 11.4. The molecule has 0 bridgehead atoms. The first-order valence-electron chi connectivity index (χ1n) is 9.12. The van der Waals surface area contributed by atoms with Gasteiger partial charge >= 0.3 is 6.18 Å². The second kappa shape index (κ2) is 9.31. The number of halogens is 3. The first kappa shape index (κ1) is 22.5. The highest BCUT2D eigenvalue weighted by Gasteiger charge is 2.31. The quantitative estimate of drug-likeness (QED) is 0.549. The van der Waals surface area contributed by atoms with Crippen LogP contribution in [0.2, 0.25) is 0 Å². The van der Waals surface area contributed by atoms with E-state index in [1.165, 1.54) is 0 Å². The van der Waals surface area contributed by atoms with Gasteiger partial charge in [-0.15, -0.1) is 0 Å². The van der Waals surface area contributed by atoms with Crippen molar-refractivity contribution in [2.45, 2.75) is 24.2 Å². The Morgan fingerprint density at radius 2 is 1.74 bits per heavy atom. The van der Waals surface area contributed by atoms with E-state index in [9.17, 15) is 26.4 Å². The Balaban J connectivity index is 1.50. The largest absolute Gasteiger partial charge is 0.416 e. The average Bonchev–Trinajstić information content (AvgIpc) is 3.24. The maximum atomic E-state index is 12.8. The summed E-state index contributed by atoms with van der Waals surface area (Å²) in [6, 6.07) is 12.6. The van der Waals surface area contributed by atoms with Crippen LogP contribution in [0.25, 0.3) is 0 Å². The minimum absolute atomic E-state index is 0.173. The number of aromatic nitrogens is 2. The fraction of sp³-hybridized carbons (Fsp3) is 0.200. The zero-order chi connectivity index (χ0) is 22.5. The molecule has 164 valence electrons. The molecule has 0 spiro atoms. The highest BCUT2D eigenvalue weighted by Crippen LogP contribution is 2.30. The van der Waals surface area contributed by atoms with Gasteiger partial charge in [-0.25, -0.2) is 13.1 Å². The molecule has 11 heteroatoms. The van der Waals surface area contributed by atoms with Gasteiger partial charge in [-0.05, 0) is 35.4 Å². The summed E-state index contributed by atoms with van der Waals surface area (Å²) in [5.74, 6) is -0.615. The van der Waals surface area contributed by atoms with Crippen molar-refractivity contribution >= 4 is 15.9 Å². The van der Waals surface area contributed by atoms with Crippen molar-refractivity contribution in [3.8, 4) is 0 Å². The van der Waals surface area contributed by atoms with Gasteiger partial charge in [0.15, 0.2) is 0 Å². The Labute approximate surface area is 176 Å². The molecule has 31 heavy (non-hydrogen) atoms. The first-order valence-corrected chi connectivity index (χ1v) is 10.6. The molecule has 0 atom stereocenters. The van der Waals surface area contributed by atoms with Gasteiger partial charge in [-0.1, -0.05) is 30.3 Å². The number of carbonyl (C=O) groups is 1. The molecular formula is C20H19F3N4O3S. The molecule has 0 unspecified atom stereocenters. The van der Waals surface area contributed by atoms with E-state index in [1.807, 2.05) is 41.3 Å². The van der Waals surface area contributed by atoms with Crippen LogP contribution in [-0.4, -0.2) is 30.7 Å². The summed E-state index contributed by atoms with van der Waals surface area (Å²) < 4.78 is 66.5. The molecular weight excluding hydrogens is 433 g/mol. The van der Waals surface area contributed by atoms with Crippen LogP contribution in [0, 0.1) is 0 Å². The minimum atomic E-state index is -4.67. The summed E-state index contributed by atoms with van der Waals surface area (Å²) in [5, 5.41) is 6.68. The summed E-state index contributed by atoms with van der Waals surface area (Å²) in [7, 11) is -4.27. The summed E-state index contributed by atoms with van der Waals surface area (Å²) in [6.07, 6.45) is -1.14. The van der Waals surface area contributed by atoms with E-state index >= 15 is 0 Å². The number of carbonyl (C=O) groups excluding carboxylic acids is 1. The van der Waals surface area contributed by atoms with Gasteiger partial charge in [0, 0.05) is 18.9 Å². The van der Waals surface area contributed by atoms with Gasteiger partial charge in [-0.3, -0.25) is 9.48 Å². The molecule has 2 aromatic carbocycles. The standard InChI is InChI=1S/C20H19F3N4O3S/c21-20(22,23)17-3-1-4-18(11-17)31(29,30)26-13-19(28)24-12-15-5-7-16(8-6-15)14-27-10-2-9-25-27/h1-11,26H,12-14H2,(H,24,28). The van der Waals surface area contributed by atoms with Crippen LogP contribution in [0.5, 0.6) is 0 Å². The van der Waals surface area contributed by atoms with Crippen LogP contribution >= 0.6 is 0 Å². The van der Waals surface area contributed by atoms with Crippen molar-refractivity contribution in [1.82, 2.24) is 19.8 Å². The monoisotopic (exact) mass is 452 g/mol. The lowest BCUT2D eigenvalue weighted by Gasteiger charge is -2.11. The molecule has 2 N–H and O–H groups in total. The summed E-state index contributed by atoms with van der Waals surface area (Å²) in [5.41, 5.74) is 0.738. The van der Waals surface area contributed by atoms with E-state index in [2.05, 4.69) is 10.4 Å². The van der Waals surface area contributed by atoms with Gasteiger partial charge in [0.05, 0.1) is 23.5 Å². The van der Waals surface area contributed by atoms with Crippen LogP contribution in [0.15, 0.2) is 71.9 Å². The van der Waals surface area contributed by atoms with Crippen molar-refractivity contribution in [3.63, 3.8) is 0 Å². The van der Waals surface area contributed by atoms with Gasteiger partial charge in [0.1, 0.15) is 0 Å². The highest BCUT2D eigenvalue weighted by molar-refractivity contribution is 7.89. The fourth-order valence-corrected chi connectivity index (χ4v) is 3.72. The number of nitrogens with one attached hydrogen (secondary N) is 2. The normalized spacial score (nSPS) is 12.0. The molecule has 1 aromatic heterocycles. The van der Waals surface area contributed by atoms with Gasteiger partial charge in [0.2, 0.25) is 15.9 Å². The van der Waals surface area contributed by atoms with Crippen molar-refractivity contribution < 1.29 is 26.4 Å². The molecule has 1 amide bonds. The Hall–Kier alpha value is -3.18. The third-order valence-corrected chi connectivity index (χ3v) is 5.71. The van der Waals surface area contributed by atoms with E-state index in [-0.39, 0.29) is 6.54 Å². The number of hydrogen-bond acceptors (Lipinski definition) is 4. The van der Waals surface area contributed by atoms with Gasteiger partial charge < -0.3 is 5.32 Å². The topological polar surface area (TPSA) is 93.1 Å². The number of benzene rings is 2. The Kier molecular flexibility index (Phi) is 6.76. The SMILES string of the molecule is O=C(CNS(=O)(=O)c1cccc(C(F)(F)F)c1)NCc1ccc(Cn2cccn2)cc1. The molecule has 3 aromatic rings. The number of nitrogens with zero attached hydrogens (tertiary/aromatic N) is 2. The Morgan fingerprint density at radius 1 is 1.03 bits per heavy atom. The second-order valence-corrected chi connectivity index (χ2v) is 8.41.